The average molecular weight is 492 g/mol. The van der Waals surface area contributed by atoms with E-state index in [0.717, 1.165) is 62.3 Å². The summed E-state index contributed by atoms with van der Waals surface area (Å²) in [5.74, 6) is 2.20. The molecule has 0 spiro atoms. The molecule has 7 heteroatoms. The van der Waals surface area contributed by atoms with Crippen LogP contribution in [0.4, 0.5) is 4.79 Å². The van der Waals surface area contributed by atoms with E-state index in [2.05, 4.69) is 35.1 Å². The summed E-state index contributed by atoms with van der Waals surface area (Å²) in [6.07, 6.45) is 13.6. The van der Waals surface area contributed by atoms with Crippen molar-refractivity contribution in [2.75, 3.05) is 19.7 Å². The third-order valence-corrected chi connectivity index (χ3v) is 8.70. The SMILES string of the molecule is CCC(CC)c1cc(C2CN3CCC2CC3COC(=O)NC2CCCCC2)nc(-c2ccncc2)n1. The van der Waals surface area contributed by atoms with Crippen LogP contribution < -0.4 is 5.32 Å². The van der Waals surface area contributed by atoms with Crippen molar-refractivity contribution in [3.63, 3.8) is 0 Å². The first kappa shape index (κ1) is 25.1. The largest absolute Gasteiger partial charge is 0.448 e. The van der Waals surface area contributed by atoms with E-state index in [0.29, 0.717) is 30.4 Å². The van der Waals surface area contributed by atoms with Gasteiger partial charge in [-0.15, -0.1) is 0 Å². The van der Waals surface area contributed by atoms with Gasteiger partial charge in [-0.05, 0) is 69.2 Å². The minimum atomic E-state index is -0.242. The summed E-state index contributed by atoms with van der Waals surface area (Å²) in [5, 5.41) is 3.09. The van der Waals surface area contributed by atoms with Crippen molar-refractivity contribution < 1.29 is 9.53 Å². The van der Waals surface area contributed by atoms with E-state index in [1.165, 1.54) is 31.4 Å². The van der Waals surface area contributed by atoms with Gasteiger partial charge in [-0.3, -0.25) is 9.88 Å². The van der Waals surface area contributed by atoms with Crippen LogP contribution in [0.25, 0.3) is 11.4 Å². The fourth-order valence-corrected chi connectivity index (χ4v) is 6.50. The summed E-state index contributed by atoms with van der Waals surface area (Å²) in [5.41, 5.74) is 3.35. The topological polar surface area (TPSA) is 80.2 Å². The molecule has 1 aliphatic carbocycles. The first-order valence-corrected chi connectivity index (χ1v) is 14.1. The molecule has 5 heterocycles. The zero-order valence-electron chi connectivity index (χ0n) is 21.9. The molecule has 6 rings (SSSR count). The van der Waals surface area contributed by atoms with Gasteiger partial charge < -0.3 is 10.1 Å². The number of nitrogens with zero attached hydrogens (tertiary/aromatic N) is 4. The van der Waals surface area contributed by atoms with Crippen LogP contribution in [0.2, 0.25) is 0 Å². The van der Waals surface area contributed by atoms with Gasteiger partial charge in [0.25, 0.3) is 0 Å². The van der Waals surface area contributed by atoms with Gasteiger partial charge in [0.05, 0.1) is 0 Å². The van der Waals surface area contributed by atoms with Crippen molar-refractivity contribution >= 4 is 6.09 Å². The Morgan fingerprint density at radius 3 is 2.58 bits per heavy atom. The molecular formula is C29H41N5O2. The van der Waals surface area contributed by atoms with Gasteiger partial charge in [-0.2, -0.15) is 0 Å². The van der Waals surface area contributed by atoms with Crippen molar-refractivity contribution in [2.24, 2.45) is 5.92 Å². The average Bonchev–Trinajstić information content (AvgIpc) is 2.94. The predicted molar refractivity (Wildman–Crippen MR) is 141 cm³/mol. The van der Waals surface area contributed by atoms with E-state index in [1.54, 1.807) is 0 Å². The van der Waals surface area contributed by atoms with Gasteiger partial charge in [-0.25, -0.2) is 14.8 Å². The number of hydrogen-bond acceptors (Lipinski definition) is 6. The van der Waals surface area contributed by atoms with Gasteiger partial charge in [0, 0.05) is 59.8 Å². The van der Waals surface area contributed by atoms with Crippen molar-refractivity contribution in [3.8, 4) is 11.4 Å². The molecule has 4 atom stereocenters. The summed E-state index contributed by atoms with van der Waals surface area (Å²) in [6.45, 7) is 7.00. The van der Waals surface area contributed by atoms with Crippen molar-refractivity contribution in [3.05, 3.63) is 42.0 Å². The standard InChI is InChI=1S/C29H41N5O2/c1-3-20(4-2)26-17-27(33-28(32-26)21-10-13-30-14-11-21)25-18-34-15-12-22(25)16-24(34)19-36-29(35)31-23-8-6-5-7-9-23/h10-11,13-14,17,20,22-25H,3-9,12,15-16,18-19H2,1-2H3,(H,31,35). The van der Waals surface area contributed by atoms with Crippen LogP contribution in [-0.4, -0.2) is 57.7 Å². The third-order valence-electron chi connectivity index (χ3n) is 8.70. The molecule has 1 N–H and O–H groups in total. The molecule has 2 bridgehead atoms. The molecule has 3 aliphatic heterocycles. The van der Waals surface area contributed by atoms with Gasteiger partial charge in [0.2, 0.25) is 0 Å². The minimum absolute atomic E-state index is 0.242. The highest BCUT2D eigenvalue weighted by atomic mass is 16.5. The number of aromatic nitrogens is 3. The Bertz CT molecular complexity index is 1010. The lowest BCUT2D eigenvalue weighted by Crippen LogP contribution is -2.54. The van der Waals surface area contributed by atoms with E-state index < -0.39 is 0 Å². The zero-order chi connectivity index (χ0) is 24.9. The molecule has 4 fully saturated rings. The Morgan fingerprint density at radius 1 is 1.11 bits per heavy atom. The molecule has 4 unspecified atom stereocenters. The normalized spacial score (nSPS) is 26.2. The van der Waals surface area contributed by atoms with E-state index in [1.807, 2.05) is 24.5 Å². The Hall–Kier alpha value is -2.54. The number of ether oxygens (including phenoxy) is 1. The maximum absolute atomic E-state index is 12.4. The Morgan fingerprint density at radius 2 is 1.89 bits per heavy atom. The van der Waals surface area contributed by atoms with Crippen LogP contribution >= 0.6 is 0 Å². The monoisotopic (exact) mass is 491 g/mol. The zero-order valence-corrected chi connectivity index (χ0v) is 21.9. The molecule has 1 saturated carbocycles. The molecule has 4 aliphatic rings. The fourth-order valence-electron chi connectivity index (χ4n) is 6.50. The lowest BCUT2D eigenvalue weighted by molar-refractivity contribution is -0.00402. The van der Waals surface area contributed by atoms with Crippen LogP contribution in [0.1, 0.15) is 94.9 Å². The summed E-state index contributed by atoms with van der Waals surface area (Å²) in [7, 11) is 0. The molecule has 2 aromatic heterocycles. The number of pyridine rings is 1. The third kappa shape index (κ3) is 5.72. The second-order valence-corrected chi connectivity index (χ2v) is 10.9. The number of hydrogen-bond donors (Lipinski definition) is 1. The molecule has 1 amide bonds. The van der Waals surface area contributed by atoms with Crippen molar-refractivity contribution in [2.45, 2.75) is 95.6 Å². The van der Waals surface area contributed by atoms with Crippen LogP contribution in [-0.2, 0) is 4.74 Å². The molecule has 2 aromatic rings. The van der Waals surface area contributed by atoms with Crippen LogP contribution in [0.15, 0.2) is 30.6 Å². The number of rotatable bonds is 8. The molecule has 0 aromatic carbocycles. The Balaban J connectivity index is 1.28. The Kier molecular flexibility index (Phi) is 8.15. The van der Waals surface area contributed by atoms with Crippen molar-refractivity contribution in [1.29, 1.82) is 0 Å². The molecule has 36 heavy (non-hydrogen) atoms. The maximum atomic E-state index is 12.4. The van der Waals surface area contributed by atoms with E-state index in [9.17, 15) is 4.79 Å². The summed E-state index contributed by atoms with van der Waals surface area (Å²) >= 11 is 0. The van der Waals surface area contributed by atoms with Crippen LogP contribution in [0.5, 0.6) is 0 Å². The van der Waals surface area contributed by atoms with Gasteiger partial charge >= 0.3 is 6.09 Å². The summed E-state index contributed by atoms with van der Waals surface area (Å²) in [4.78, 5) is 29.2. The molecule has 3 saturated heterocycles. The lowest BCUT2D eigenvalue weighted by atomic mass is 9.74. The smallest absolute Gasteiger partial charge is 0.407 e. The van der Waals surface area contributed by atoms with Crippen molar-refractivity contribution in [1.82, 2.24) is 25.2 Å². The number of piperidine rings is 3. The van der Waals surface area contributed by atoms with Crippen LogP contribution in [0, 0.1) is 5.92 Å². The number of carbonyl (C=O) groups excluding carboxylic acids is 1. The number of carbonyl (C=O) groups is 1. The fraction of sp³-hybridized carbons (Fsp3) is 0.655. The Labute approximate surface area is 215 Å². The molecule has 7 nitrogen and oxygen atoms in total. The quantitative estimate of drug-likeness (QED) is 0.512. The highest BCUT2D eigenvalue weighted by Crippen LogP contribution is 2.42. The number of fused-ring (bicyclic) bond motifs is 3. The highest BCUT2D eigenvalue weighted by Gasteiger charge is 2.42. The van der Waals surface area contributed by atoms with Crippen LogP contribution in [0.3, 0.4) is 0 Å². The van der Waals surface area contributed by atoms with Gasteiger partial charge in [0.1, 0.15) is 6.61 Å². The first-order chi connectivity index (χ1) is 17.6. The number of alkyl carbamates (subject to hydrolysis) is 1. The molecule has 0 radical (unpaired) electrons. The second kappa shape index (κ2) is 11.7. The summed E-state index contributed by atoms with van der Waals surface area (Å²) < 4.78 is 5.71. The maximum Gasteiger partial charge on any atom is 0.407 e. The van der Waals surface area contributed by atoms with E-state index >= 15 is 0 Å². The molecule has 194 valence electrons. The molecular weight excluding hydrogens is 450 g/mol. The first-order valence-electron chi connectivity index (χ1n) is 14.1. The minimum Gasteiger partial charge on any atom is -0.448 e. The lowest BCUT2D eigenvalue weighted by Gasteiger charge is -2.49. The number of amides is 1. The second-order valence-electron chi connectivity index (χ2n) is 10.9. The predicted octanol–water partition coefficient (Wildman–Crippen LogP) is 5.68. The van der Waals surface area contributed by atoms with E-state index in [-0.39, 0.29) is 12.1 Å². The van der Waals surface area contributed by atoms with Gasteiger partial charge in [0.15, 0.2) is 5.82 Å². The number of nitrogens with one attached hydrogen (secondary N) is 1. The van der Waals surface area contributed by atoms with Gasteiger partial charge in [-0.1, -0.05) is 33.1 Å². The highest BCUT2D eigenvalue weighted by molar-refractivity contribution is 5.67. The summed E-state index contributed by atoms with van der Waals surface area (Å²) in [6, 6.07) is 6.86. The van der Waals surface area contributed by atoms with E-state index in [4.69, 9.17) is 14.7 Å².